The van der Waals surface area contributed by atoms with Crippen molar-refractivity contribution in [3.63, 3.8) is 0 Å². The molecule has 0 aromatic carbocycles. The third-order valence-electron chi connectivity index (χ3n) is 3.07. The van der Waals surface area contributed by atoms with Crippen molar-refractivity contribution in [1.82, 2.24) is 5.32 Å². The molecular formula is C14H31NO. The normalized spacial score (nSPS) is 12.0. The van der Waals surface area contributed by atoms with Gasteiger partial charge < -0.3 is 10.4 Å². The highest BCUT2D eigenvalue weighted by molar-refractivity contribution is 4.71. The van der Waals surface area contributed by atoms with Crippen LogP contribution in [0, 0.1) is 5.41 Å². The Morgan fingerprint density at radius 1 is 1.00 bits per heavy atom. The van der Waals surface area contributed by atoms with E-state index in [4.69, 9.17) is 5.11 Å². The monoisotopic (exact) mass is 229 g/mol. The van der Waals surface area contributed by atoms with Gasteiger partial charge in [-0.15, -0.1) is 0 Å². The molecule has 0 saturated heterocycles. The Bertz CT molecular complexity index is 146. The van der Waals surface area contributed by atoms with Crippen LogP contribution in [-0.4, -0.2) is 24.8 Å². The maximum absolute atomic E-state index is 8.65. The van der Waals surface area contributed by atoms with Crippen LogP contribution < -0.4 is 5.32 Å². The minimum Gasteiger partial charge on any atom is -0.396 e. The fourth-order valence-electron chi connectivity index (χ4n) is 1.91. The summed E-state index contributed by atoms with van der Waals surface area (Å²) in [5.74, 6) is 0. The maximum Gasteiger partial charge on any atom is 0.0431 e. The van der Waals surface area contributed by atoms with Crippen LogP contribution in [0.3, 0.4) is 0 Å². The first-order valence-corrected chi connectivity index (χ1v) is 6.94. The highest BCUT2D eigenvalue weighted by atomic mass is 16.2. The van der Waals surface area contributed by atoms with Gasteiger partial charge >= 0.3 is 0 Å². The number of aliphatic hydroxyl groups excluding tert-OH is 1. The van der Waals surface area contributed by atoms with Gasteiger partial charge in [0, 0.05) is 13.2 Å². The summed E-state index contributed by atoms with van der Waals surface area (Å²) in [5, 5.41) is 12.2. The van der Waals surface area contributed by atoms with Crippen molar-refractivity contribution in [1.29, 1.82) is 0 Å². The Balaban J connectivity index is 3.35. The summed E-state index contributed by atoms with van der Waals surface area (Å²) in [4.78, 5) is 0. The van der Waals surface area contributed by atoms with Crippen molar-refractivity contribution in [3.8, 4) is 0 Å². The topological polar surface area (TPSA) is 32.3 Å². The van der Waals surface area contributed by atoms with Gasteiger partial charge in [-0.2, -0.15) is 0 Å². The van der Waals surface area contributed by atoms with E-state index < -0.39 is 0 Å². The van der Waals surface area contributed by atoms with E-state index in [1.807, 2.05) is 0 Å². The van der Waals surface area contributed by atoms with Crippen molar-refractivity contribution in [2.45, 2.75) is 65.7 Å². The zero-order valence-corrected chi connectivity index (χ0v) is 11.5. The van der Waals surface area contributed by atoms with Crippen molar-refractivity contribution in [2.24, 2.45) is 5.41 Å². The van der Waals surface area contributed by atoms with Gasteiger partial charge in [0.2, 0.25) is 0 Å². The molecule has 0 unspecified atom stereocenters. The van der Waals surface area contributed by atoms with Crippen molar-refractivity contribution >= 4 is 0 Å². The smallest absolute Gasteiger partial charge is 0.0431 e. The molecule has 0 aliphatic rings. The summed E-state index contributed by atoms with van der Waals surface area (Å²) in [7, 11) is 0. The fourth-order valence-corrected chi connectivity index (χ4v) is 1.91. The predicted octanol–water partition coefficient (Wildman–Crippen LogP) is 3.35. The number of aliphatic hydroxyl groups is 1. The van der Waals surface area contributed by atoms with Gasteiger partial charge in [-0.1, -0.05) is 40.0 Å². The Morgan fingerprint density at radius 3 is 2.38 bits per heavy atom. The van der Waals surface area contributed by atoms with Gasteiger partial charge in [-0.05, 0) is 37.6 Å². The molecule has 0 aliphatic carbocycles. The summed E-state index contributed by atoms with van der Waals surface area (Å²) in [6.45, 7) is 9.51. The third kappa shape index (κ3) is 10.4. The van der Waals surface area contributed by atoms with Crippen LogP contribution in [-0.2, 0) is 0 Å². The average Bonchev–Trinajstić information content (AvgIpc) is 2.23. The van der Waals surface area contributed by atoms with E-state index in [2.05, 4.69) is 26.1 Å². The molecule has 0 atom stereocenters. The lowest BCUT2D eigenvalue weighted by Crippen LogP contribution is -2.30. The second-order valence-corrected chi connectivity index (χ2v) is 5.58. The molecule has 0 amide bonds. The summed E-state index contributed by atoms with van der Waals surface area (Å²) < 4.78 is 0. The number of unbranched alkanes of at least 4 members (excludes halogenated alkanes) is 4. The predicted molar refractivity (Wildman–Crippen MR) is 71.7 cm³/mol. The summed E-state index contributed by atoms with van der Waals surface area (Å²) in [5.41, 5.74) is 0.437. The van der Waals surface area contributed by atoms with Gasteiger partial charge in [0.25, 0.3) is 0 Å². The van der Waals surface area contributed by atoms with Gasteiger partial charge in [-0.3, -0.25) is 0 Å². The van der Waals surface area contributed by atoms with Crippen molar-refractivity contribution < 1.29 is 5.11 Å². The van der Waals surface area contributed by atoms with E-state index in [9.17, 15) is 0 Å². The summed E-state index contributed by atoms with van der Waals surface area (Å²) in [6, 6.07) is 0. The van der Waals surface area contributed by atoms with Crippen LogP contribution in [0.4, 0.5) is 0 Å². The van der Waals surface area contributed by atoms with Gasteiger partial charge in [0.05, 0.1) is 0 Å². The first-order chi connectivity index (χ1) is 7.62. The molecule has 0 radical (unpaired) electrons. The van der Waals surface area contributed by atoms with Gasteiger partial charge in [0.15, 0.2) is 0 Å². The molecule has 0 aromatic rings. The van der Waals surface area contributed by atoms with Gasteiger partial charge in [-0.25, -0.2) is 0 Å². The van der Waals surface area contributed by atoms with Gasteiger partial charge in [0.1, 0.15) is 0 Å². The third-order valence-corrected chi connectivity index (χ3v) is 3.07. The second kappa shape index (κ2) is 10.1. The van der Waals surface area contributed by atoms with E-state index in [-0.39, 0.29) is 0 Å². The van der Waals surface area contributed by atoms with Crippen LogP contribution in [0.25, 0.3) is 0 Å². The second-order valence-electron chi connectivity index (χ2n) is 5.58. The lowest BCUT2D eigenvalue weighted by atomic mass is 9.87. The molecule has 0 aromatic heterocycles. The SMILES string of the molecule is CCCCCC(C)(C)CNCCCCCO. The quantitative estimate of drug-likeness (QED) is 0.533. The van der Waals surface area contributed by atoms with E-state index in [1.165, 1.54) is 32.1 Å². The van der Waals surface area contributed by atoms with Crippen LogP contribution in [0.15, 0.2) is 0 Å². The molecule has 2 heteroatoms. The summed E-state index contributed by atoms with van der Waals surface area (Å²) >= 11 is 0. The maximum atomic E-state index is 8.65. The number of hydrogen-bond donors (Lipinski definition) is 2. The van der Waals surface area contributed by atoms with E-state index in [0.29, 0.717) is 12.0 Å². The molecule has 0 rings (SSSR count). The van der Waals surface area contributed by atoms with E-state index in [0.717, 1.165) is 25.9 Å². The first-order valence-electron chi connectivity index (χ1n) is 6.94. The van der Waals surface area contributed by atoms with Crippen LogP contribution in [0.5, 0.6) is 0 Å². The summed E-state index contributed by atoms with van der Waals surface area (Å²) in [6.07, 6.45) is 8.62. The molecule has 0 heterocycles. The van der Waals surface area contributed by atoms with Crippen molar-refractivity contribution in [2.75, 3.05) is 19.7 Å². The zero-order valence-electron chi connectivity index (χ0n) is 11.5. The standard InChI is InChI=1S/C14H31NO/c1-4-5-7-10-14(2,3)13-15-11-8-6-9-12-16/h15-16H,4-13H2,1-3H3. The van der Waals surface area contributed by atoms with Crippen LogP contribution >= 0.6 is 0 Å². The van der Waals surface area contributed by atoms with Crippen LogP contribution in [0.1, 0.15) is 65.7 Å². The zero-order chi connectivity index (χ0) is 12.3. The Labute approximate surface area is 102 Å². The highest BCUT2D eigenvalue weighted by Crippen LogP contribution is 2.22. The number of rotatable bonds is 11. The first kappa shape index (κ1) is 15.9. The minimum atomic E-state index is 0.336. The van der Waals surface area contributed by atoms with Crippen LogP contribution in [0.2, 0.25) is 0 Å². The molecular weight excluding hydrogens is 198 g/mol. The molecule has 0 bridgehead atoms. The minimum absolute atomic E-state index is 0.336. The Hall–Kier alpha value is -0.0800. The van der Waals surface area contributed by atoms with Crippen molar-refractivity contribution in [3.05, 3.63) is 0 Å². The fraction of sp³-hybridized carbons (Fsp3) is 1.00. The molecule has 2 nitrogen and oxygen atoms in total. The van der Waals surface area contributed by atoms with E-state index >= 15 is 0 Å². The highest BCUT2D eigenvalue weighted by Gasteiger charge is 2.15. The molecule has 16 heavy (non-hydrogen) atoms. The molecule has 0 aliphatic heterocycles. The molecule has 2 N–H and O–H groups in total. The Morgan fingerprint density at radius 2 is 1.75 bits per heavy atom. The number of hydrogen-bond acceptors (Lipinski definition) is 2. The average molecular weight is 229 g/mol. The lowest BCUT2D eigenvalue weighted by molar-refractivity contribution is 0.279. The lowest BCUT2D eigenvalue weighted by Gasteiger charge is -2.25. The molecule has 98 valence electrons. The number of nitrogens with one attached hydrogen (secondary N) is 1. The molecule has 0 fully saturated rings. The largest absolute Gasteiger partial charge is 0.396 e. The Kier molecular flexibility index (Phi) is 10.0. The molecule has 0 spiro atoms. The molecule has 0 saturated carbocycles. The van der Waals surface area contributed by atoms with E-state index in [1.54, 1.807) is 0 Å².